The van der Waals surface area contributed by atoms with Crippen LogP contribution in [0.25, 0.3) is 0 Å². The quantitative estimate of drug-likeness (QED) is 0.0217. The molecule has 1 saturated heterocycles. The maximum atomic E-state index is 12.7. The van der Waals surface area contributed by atoms with Gasteiger partial charge < -0.3 is 34.3 Å². The van der Waals surface area contributed by atoms with Gasteiger partial charge in [0.2, 0.25) is 0 Å². The van der Waals surface area contributed by atoms with Gasteiger partial charge in [-0.15, -0.1) is 0 Å². The molecule has 0 bridgehead atoms. The van der Waals surface area contributed by atoms with E-state index in [1.807, 2.05) is 54.7 Å². The van der Waals surface area contributed by atoms with Crippen molar-refractivity contribution in [2.24, 2.45) is 0 Å². The molecule has 302 valence electrons. The minimum atomic E-state index is -4.61. The van der Waals surface area contributed by atoms with Crippen LogP contribution in [0.1, 0.15) is 110 Å². The van der Waals surface area contributed by atoms with Crippen molar-refractivity contribution >= 4 is 22.1 Å². The molecule has 0 aliphatic carbocycles. The van der Waals surface area contributed by atoms with Gasteiger partial charge in [-0.25, -0.2) is 0 Å². The number of carbonyl (C=O) groups is 2. The van der Waals surface area contributed by atoms with Crippen LogP contribution in [0.4, 0.5) is 0 Å². The number of aliphatic hydroxyl groups excluding tert-OH is 3. The normalized spacial score (nSPS) is 22.0. The highest BCUT2D eigenvalue weighted by Gasteiger charge is 2.46. The number of hydrogen-bond donors (Lipinski definition) is 4. The van der Waals surface area contributed by atoms with Gasteiger partial charge in [-0.1, -0.05) is 119 Å². The molecule has 4 N–H and O–H groups in total. The number of unbranched alkanes of at least 4 members (excludes halogenated alkanes) is 9. The SMILES string of the molecule is CC/C=C/C=C/C=C/C=C/C=C/CCCC(=O)OC(COC(=O)CCCCCCC/C=C/CCCCC)CO[C@H]1O[C@H](CS(=O)(=O)O)[C@@H](O)C(O)C1O. The number of allylic oxidation sites excluding steroid dienone is 12. The van der Waals surface area contributed by atoms with Crippen LogP contribution in [-0.2, 0) is 38.7 Å². The number of rotatable bonds is 29. The Morgan fingerprint density at radius 3 is 1.87 bits per heavy atom. The summed E-state index contributed by atoms with van der Waals surface area (Å²) in [4.78, 5) is 25.2. The van der Waals surface area contributed by atoms with E-state index in [0.717, 1.165) is 44.9 Å². The van der Waals surface area contributed by atoms with Gasteiger partial charge in [-0.2, -0.15) is 8.42 Å². The maximum absolute atomic E-state index is 12.7. The van der Waals surface area contributed by atoms with Crippen molar-refractivity contribution in [3.05, 3.63) is 72.9 Å². The fourth-order valence-corrected chi connectivity index (χ4v) is 5.86. The zero-order chi connectivity index (χ0) is 39.2. The number of ether oxygens (including phenoxy) is 4. The molecule has 0 saturated carbocycles. The number of hydrogen-bond acceptors (Lipinski definition) is 11. The molecule has 12 nitrogen and oxygen atoms in total. The van der Waals surface area contributed by atoms with Gasteiger partial charge in [0.1, 0.15) is 36.8 Å². The van der Waals surface area contributed by atoms with Crippen molar-refractivity contribution in [2.75, 3.05) is 19.0 Å². The fourth-order valence-electron chi connectivity index (χ4n) is 5.17. The Hall–Kier alpha value is -2.91. The van der Waals surface area contributed by atoms with Gasteiger partial charge in [0.15, 0.2) is 12.4 Å². The molecule has 0 radical (unpaired) electrons. The van der Waals surface area contributed by atoms with Crippen LogP contribution in [0, 0.1) is 0 Å². The van der Waals surface area contributed by atoms with Crippen molar-refractivity contribution in [1.29, 1.82) is 0 Å². The van der Waals surface area contributed by atoms with Crippen molar-refractivity contribution in [1.82, 2.24) is 0 Å². The third-order valence-electron chi connectivity index (χ3n) is 8.15. The van der Waals surface area contributed by atoms with Crippen LogP contribution in [0.5, 0.6) is 0 Å². The molecule has 0 spiro atoms. The average molecular weight is 769 g/mol. The highest BCUT2D eigenvalue weighted by Crippen LogP contribution is 2.23. The molecule has 6 atom stereocenters. The maximum Gasteiger partial charge on any atom is 0.306 e. The third-order valence-corrected chi connectivity index (χ3v) is 8.90. The molecule has 0 aromatic rings. The first-order valence-corrected chi connectivity index (χ1v) is 20.7. The summed E-state index contributed by atoms with van der Waals surface area (Å²) in [6, 6.07) is 0. The molecule has 1 fully saturated rings. The lowest BCUT2D eigenvalue weighted by atomic mass is 10.00. The summed E-state index contributed by atoms with van der Waals surface area (Å²) in [7, 11) is -4.61. The van der Waals surface area contributed by atoms with Crippen molar-refractivity contribution in [3.63, 3.8) is 0 Å². The topological polar surface area (TPSA) is 186 Å². The number of esters is 2. The van der Waals surface area contributed by atoms with Gasteiger partial charge in [0.25, 0.3) is 10.1 Å². The second kappa shape index (κ2) is 30.4. The van der Waals surface area contributed by atoms with E-state index in [1.54, 1.807) is 0 Å². The minimum absolute atomic E-state index is 0.0625. The van der Waals surface area contributed by atoms with Gasteiger partial charge in [-0.05, 0) is 51.4 Å². The Balaban J connectivity index is 2.61. The van der Waals surface area contributed by atoms with Gasteiger partial charge in [-0.3, -0.25) is 14.1 Å². The summed E-state index contributed by atoms with van der Waals surface area (Å²) in [5.74, 6) is -2.11. The highest BCUT2D eigenvalue weighted by atomic mass is 32.2. The molecule has 0 aromatic carbocycles. The van der Waals surface area contributed by atoms with Crippen LogP contribution >= 0.6 is 0 Å². The van der Waals surface area contributed by atoms with E-state index in [4.69, 9.17) is 18.9 Å². The average Bonchev–Trinajstić information content (AvgIpc) is 3.12. The van der Waals surface area contributed by atoms with Crippen LogP contribution in [0.15, 0.2) is 72.9 Å². The van der Waals surface area contributed by atoms with Crippen LogP contribution in [0.3, 0.4) is 0 Å². The molecule has 1 heterocycles. The summed E-state index contributed by atoms with van der Waals surface area (Å²) < 4.78 is 53.7. The Morgan fingerprint density at radius 1 is 0.660 bits per heavy atom. The Bertz CT molecular complexity index is 1270. The van der Waals surface area contributed by atoms with E-state index in [2.05, 4.69) is 32.1 Å². The highest BCUT2D eigenvalue weighted by molar-refractivity contribution is 7.85. The zero-order valence-electron chi connectivity index (χ0n) is 31.6. The smallest absolute Gasteiger partial charge is 0.306 e. The van der Waals surface area contributed by atoms with Crippen molar-refractivity contribution in [3.8, 4) is 0 Å². The monoisotopic (exact) mass is 768 g/mol. The fraction of sp³-hybridized carbons (Fsp3) is 0.650. The standard InChI is InChI=1S/C40H64O12S/c1-3-5-7-9-11-13-15-17-19-21-23-25-27-29-36(42)51-33(31-50-40-39(45)38(44)37(43)34(52-40)32-53(46,47)48)30-49-35(41)28-26-24-22-20-18-16-14-12-10-8-6-4-2/h5,7,9,11-15,17,19,21,23,33-34,37-40,43-45H,3-4,6,8,10,16,18,20,22,24-32H2,1-2H3,(H,46,47,48)/b7-5+,11-9+,14-12+,15-13+,19-17+,23-21+/t33?,34-,37-,38?,39?,40+/m1/s1. The summed E-state index contributed by atoms with van der Waals surface area (Å²) in [6.45, 7) is 3.47. The lowest BCUT2D eigenvalue weighted by Crippen LogP contribution is -2.60. The van der Waals surface area contributed by atoms with E-state index in [9.17, 15) is 37.9 Å². The molecule has 1 rings (SSSR count). The molecule has 13 heteroatoms. The summed E-state index contributed by atoms with van der Waals surface area (Å²) in [5, 5.41) is 30.7. The lowest BCUT2D eigenvalue weighted by molar-refractivity contribution is -0.297. The van der Waals surface area contributed by atoms with Crippen LogP contribution in [0.2, 0.25) is 0 Å². The molecule has 1 aliphatic heterocycles. The number of aliphatic hydroxyl groups is 3. The third kappa shape index (κ3) is 25.7. The van der Waals surface area contributed by atoms with Crippen molar-refractivity contribution < 1.29 is 56.8 Å². The molecule has 53 heavy (non-hydrogen) atoms. The molecule has 0 amide bonds. The first-order valence-electron chi connectivity index (χ1n) is 19.1. The lowest BCUT2D eigenvalue weighted by Gasteiger charge is -2.40. The first kappa shape index (κ1) is 48.1. The molecule has 0 aromatic heterocycles. The second-order valence-corrected chi connectivity index (χ2v) is 14.5. The molecular formula is C40H64O12S. The summed E-state index contributed by atoms with van der Waals surface area (Å²) >= 11 is 0. The minimum Gasteiger partial charge on any atom is -0.462 e. The van der Waals surface area contributed by atoms with Gasteiger partial charge >= 0.3 is 11.9 Å². The van der Waals surface area contributed by atoms with E-state index >= 15 is 0 Å². The van der Waals surface area contributed by atoms with Gasteiger partial charge in [0.05, 0.1) is 6.61 Å². The summed E-state index contributed by atoms with van der Waals surface area (Å²) in [6.07, 6.45) is 26.9. The predicted octanol–water partition coefficient (Wildman–Crippen LogP) is 6.38. The Kier molecular flexibility index (Phi) is 27.6. The van der Waals surface area contributed by atoms with E-state index in [0.29, 0.717) is 19.3 Å². The van der Waals surface area contributed by atoms with Gasteiger partial charge in [0, 0.05) is 12.8 Å². The zero-order valence-corrected chi connectivity index (χ0v) is 32.4. The van der Waals surface area contributed by atoms with Crippen LogP contribution in [-0.4, -0.2) is 96.0 Å². The van der Waals surface area contributed by atoms with E-state index in [1.165, 1.54) is 19.3 Å². The predicted molar refractivity (Wildman–Crippen MR) is 205 cm³/mol. The second-order valence-electron chi connectivity index (χ2n) is 13.0. The molecule has 3 unspecified atom stereocenters. The molecular weight excluding hydrogens is 704 g/mol. The first-order chi connectivity index (χ1) is 25.5. The van der Waals surface area contributed by atoms with E-state index in [-0.39, 0.29) is 19.4 Å². The summed E-state index contributed by atoms with van der Waals surface area (Å²) in [5.41, 5.74) is 0. The largest absolute Gasteiger partial charge is 0.462 e. The Labute approximate surface area is 317 Å². The van der Waals surface area contributed by atoms with Crippen molar-refractivity contribution in [2.45, 2.75) is 147 Å². The molecule has 1 aliphatic rings. The number of carbonyl (C=O) groups excluding carboxylic acids is 2. The van der Waals surface area contributed by atoms with Crippen LogP contribution < -0.4 is 0 Å². The Morgan fingerprint density at radius 2 is 1.23 bits per heavy atom. The van der Waals surface area contributed by atoms with E-state index < -0.39 is 71.2 Å².